The molecule has 0 aliphatic rings. The number of hydrogen-bond donors (Lipinski definition) is 0. The summed E-state index contributed by atoms with van der Waals surface area (Å²) in [6.07, 6.45) is 25.2. The standard InChI is InChI=1S/C23H46O4S.K/c1-3-5-7-9-11-12-13-14-15-17-19-21-23(22-27-28(24,25)26)20-18-16-10-8-6-4-2;/h19,21,23H,3-18,20,22H2,1-2H3,(H,24,25,26);/q;+1/p-1/b21-19+;. The Morgan fingerprint density at radius 1 is 0.759 bits per heavy atom. The van der Waals surface area contributed by atoms with Crippen molar-refractivity contribution in [3.63, 3.8) is 0 Å². The molecule has 0 aliphatic heterocycles. The van der Waals surface area contributed by atoms with E-state index >= 15 is 0 Å². The van der Waals surface area contributed by atoms with Gasteiger partial charge in [-0.15, -0.1) is 0 Å². The summed E-state index contributed by atoms with van der Waals surface area (Å²) in [5.41, 5.74) is 0. The molecule has 0 bridgehead atoms. The van der Waals surface area contributed by atoms with Gasteiger partial charge in [-0.25, -0.2) is 8.42 Å². The third-order valence-electron chi connectivity index (χ3n) is 5.24. The molecule has 1 atom stereocenters. The van der Waals surface area contributed by atoms with Crippen LogP contribution in [0.15, 0.2) is 12.2 Å². The normalized spacial score (nSPS) is 12.9. The van der Waals surface area contributed by atoms with Crippen LogP contribution in [-0.4, -0.2) is 19.6 Å². The fourth-order valence-electron chi connectivity index (χ4n) is 3.45. The minimum Gasteiger partial charge on any atom is -0.726 e. The van der Waals surface area contributed by atoms with Crippen LogP contribution < -0.4 is 51.4 Å². The fraction of sp³-hybridized carbons (Fsp3) is 0.913. The largest absolute Gasteiger partial charge is 1.00 e. The number of unbranched alkanes of at least 4 members (excludes halogenated alkanes) is 14. The van der Waals surface area contributed by atoms with Gasteiger partial charge < -0.3 is 4.55 Å². The van der Waals surface area contributed by atoms with E-state index in [9.17, 15) is 13.0 Å². The Morgan fingerprint density at radius 3 is 1.69 bits per heavy atom. The minimum absolute atomic E-state index is 0. The SMILES string of the molecule is CCCCCCCCCCC/C=C/C(CCCCCCCC)COS(=O)(=O)[O-].[K+]. The first-order valence-corrected chi connectivity index (χ1v) is 13.1. The van der Waals surface area contributed by atoms with Crippen LogP contribution in [0.1, 0.15) is 123 Å². The van der Waals surface area contributed by atoms with Crippen molar-refractivity contribution < 1.29 is 68.5 Å². The number of rotatable bonds is 21. The molecule has 0 rings (SSSR count). The van der Waals surface area contributed by atoms with Crippen LogP contribution in [0.5, 0.6) is 0 Å². The predicted octanol–water partition coefficient (Wildman–Crippen LogP) is 4.31. The fourth-order valence-corrected chi connectivity index (χ4v) is 3.80. The monoisotopic (exact) mass is 456 g/mol. The van der Waals surface area contributed by atoms with Crippen LogP contribution in [0, 0.1) is 5.92 Å². The molecule has 0 heterocycles. The van der Waals surface area contributed by atoms with Crippen LogP contribution in [0.3, 0.4) is 0 Å². The summed E-state index contributed by atoms with van der Waals surface area (Å²) in [5.74, 6) is 0.0217. The van der Waals surface area contributed by atoms with E-state index in [0.717, 1.165) is 25.7 Å². The van der Waals surface area contributed by atoms with Gasteiger partial charge in [-0.05, 0) is 19.3 Å². The second-order valence-corrected chi connectivity index (χ2v) is 9.11. The van der Waals surface area contributed by atoms with E-state index in [0.29, 0.717) is 0 Å². The van der Waals surface area contributed by atoms with Crippen LogP contribution in [0.2, 0.25) is 0 Å². The zero-order valence-electron chi connectivity index (χ0n) is 19.5. The van der Waals surface area contributed by atoms with Gasteiger partial charge in [-0.2, -0.15) is 0 Å². The average Bonchev–Trinajstić information content (AvgIpc) is 2.65. The summed E-state index contributed by atoms with van der Waals surface area (Å²) in [4.78, 5) is 0. The Morgan fingerprint density at radius 2 is 1.21 bits per heavy atom. The molecule has 29 heavy (non-hydrogen) atoms. The zero-order valence-corrected chi connectivity index (χ0v) is 23.4. The molecule has 0 N–H and O–H groups in total. The summed E-state index contributed by atoms with van der Waals surface area (Å²) in [6.45, 7) is 4.43. The summed E-state index contributed by atoms with van der Waals surface area (Å²) < 4.78 is 36.7. The van der Waals surface area contributed by atoms with Crippen LogP contribution >= 0.6 is 0 Å². The van der Waals surface area contributed by atoms with E-state index in [4.69, 9.17) is 0 Å². The van der Waals surface area contributed by atoms with Crippen LogP contribution in [-0.2, 0) is 14.6 Å². The van der Waals surface area contributed by atoms with Gasteiger partial charge in [0.25, 0.3) is 0 Å². The summed E-state index contributed by atoms with van der Waals surface area (Å²) in [7, 11) is -4.60. The van der Waals surface area contributed by atoms with E-state index < -0.39 is 10.4 Å². The Labute approximate surface area is 224 Å². The topological polar surface area (TPSA) is 66.4 Å². The first-order valence-electron chi connectivity index (χ1n) is 11.8. The van der Waals surface area contributed by atoms with Gasteiger partial charge >= 0.3 is 51.4 Å². The molecule has 0 aromatic carbocycles. The van der Waals surface area contributed by atoms with Crippen molar-refractivity contribution in [1.82, 2.24) is 0 Å². The van der Waals surface area contributed by atoms with Gasteiger partial charge in [-0.3, -0.25) is 4.18 Å². The van der Waals surface area contributed by atoms with Crippen molar-refractivity contribution in [2.75, 3.05) is 6.61 Å². The van der Waals surface area contributed by atoms with Crippen molar-refractivity contribution in [1.29, 1.82) is 0 Å². The van der Waals surface area contributed by atoms with E-state index in [1.54, 1.807) is 0 Å². The molecule has 0 radical (unpaired) electrons. The van der Waals surface area contributed by atoms with Gasteiger partial charge in [0.2, 0.25) is 10.4 Å². The molecule has 6 heteroatoms. The first-order chi connectivity index (χ1) is 13.5. The maximum atomic E-state index is 10.7. The Bertz CT molecular complexity index is 452. The van der Waals surface area contributed by atoms with Crippen molar-refractivity contribution in [3.05, 3.63) is 12.2 Å². The molecule has 0 aromatic heterocycles. The molecule has 0 fully saturated rings. The molecule has 1 unspecified atom stereocenters. The van der Waals surface area contributed by atoms with Crippen molar-refractivity contribution in [2.24, 2.45) is 5.92 Å². The molecule has 0 amide bonds. The van der Waals surface area contributed by atoms with Gasteiger partial charge in [0.1, 0.15) is 0 Å². The molecular formula is C23H45KO4S. The van der Waals surface area contributed by atoms with E-state index in [1.807, 2.05) is 0 Å². The van der Waals surface area contributed by atoms with E-state index in [-0.39, 0.29) is 63.9 Å². The molecule has 0 spiro atoms. The zero-order chi connectivity index (χ0) is 20.9. The Balaban J connectivity index is 0. The summed E-state index contributed by atoms with van der Waals surface area (Å²) in [5, 5.41) is 0. The van der Waals surface area contributed by atoms with Crippen molar-refractivity contribution >= 4 is 10.4 Å². The smallest absolute Gasteiger partial charge is 0.726 e. The molecule has 0 aliphatic carbocycles. The van der Waals surface area contributed by atoms with Crippen LogP contribution in [0.4, 0.5) is 0 Å². The molecule has 168 valence electrons. The minimum atomic E-state index is -4.60. The molecule has 4 nitrogen and oxygen atoms in total. The van der Waals surface area contributed by atoms with Crippen LogP contribution in [0.25, 0.3) is 0 Å². The predicted molar refractivity (Wildman–Crippen MR) is 118 cm³/mol. The molecule has 0 saturated heterocycles. The summed E-state index contributed by atoms with van der Waals surface area (Å²) in [6, 6.07) is 0. The third-order valence-corrected chi connectivity index (χ3v) is 5.66. The molecular weight excluding hydrogens is 411 g/mol. The van der Waals surface area contributed by atoms with Gasteiger partial charge in [0.15, 0.2) is 0 Å². The van der Waals surface area contributed by atoms with Gasteiger partial charge in [-0.1, -0.05) is 116 Å². The second kappa shape index (κ2) is 23.9. The number of hydrogen-bond acceptors (Lipinski definition) is 4. The number of allylic oxidation sites excluding steroid dienone is 1. The average molecular weight is 457 g/mol. The maximum Gasteiger partial charge on any atom is 1.00 e. The summed E-state index contributed by atoms with van der Waals surface area (Å²) >= 11 is 0. The van der Waals surface area contributed by atoms with Gasteiger partial charge in [0.05, 0.1) is 6.61 Å². The van der Waals surface area contributed by atoms with Crippen molar-refractivity contribution in [3.8, 4) is 0 Å². The Hall–Kier alpha value is 1.25. The van der Waals surface area contributed by atoms with E-state index in [1.165, 1.54) is 83.5 Å². The Kier molecular flexibility index (Phi) is 26.7. The van der Waals surface area contributed by atoms with E-state index in [2.05, 4.69) is 30.2 Å². The second-order valence-electron chi connectivity index (χ2n) is 8.05. The maximum absolute atomic E-state index is 10.7. The van der Waals surface area contributed by atoms with Crippen molar-refractivity contribution in [2.45, 2.75) is 123 Å². The first kappa shape index (κ1) is 32.4. The third kappa shape index (κ3) is 27.2. The molecule has 0 aromatic rings. The van der Waals surface area contributed by atoms with Gasteiger partial charge in [0, 0.05) is 5.92 Å². The quantitative estimate of drug-likeness (QED) is 0.0848. The molecule has 0 saturated carbocycles.